The zero-order chi connectivity index (χ0) is 12.8. The SMILES string of the molecule is CCNC(Cn1cccnc1=O)C1CCCCC1. The van der Waals surface area contributed by atoms with Crippen molar-refractivity contribution in [1.29, 1.82) is 0 Å². The average molecular weight is 249 g/mol. The van der Waals surface area contributed by atoms with Crippen molar-refractivity contribution in [2.75, 3.05) is 6.54 Å². The molecule has 4 nitrogen and oxygen atoms in total. The lowest BCUT2D eigenvalue weighted by Crippen LogP contribution is -2.42. The Kier molecular flexibility index (Phi) is 4.93. The van der Waals surface area contributed by atoms with Crippen molar-refractivity contribution < 1.29 is 0 Å². The summed E-state index contributed by atoms with van der Waals surface area (Å²) >= 11 is 0. The molecule has 0 aliphatic heterocycles. The van der Waals surface area contributed by atoms with Crippen LogP contribution >= 0.6 is 0 Å². The van der Waals surface area contributed by atoms with Gasteiger partial charge in [0.15, 0.2) is 0 Å². The molecule has 1 aromatic heterocycles. The van der Waals surface area contributed by atoms with Crippen molar-refractivity contribution in [3.05, 3.63) is 28.9 Å². The number of hydrogen-bond acceptors (Lipinski definition) is 3. The van der Waals surface area contributed by atoms with Crippen molar-refractivity contribution in [2.24, 2.45) is 5.92 Å². The molecule has 1 heterocycles. The van der Waals surface area contributed by atoms with Gasteiger partial charge < -0.3 is 5.32 Å². The molecule has 0 bridgehead atoms. The van der Waals surface area contributed by atoms with E-state index in [1.54, 1.807) is 10.8 Å². The van der Waals surface area contributed by atoms with Gasteiger partial charge in [-0.25, -0.2) is 9.78 Å². The molecule has 1 aliphatic rings. The minimum atomic E-state index is -0.142. The first-order chi connectivity index (χ1) is 8.81. The average Bonchev–Trinajstić information content (AvgIpc) is 2.42. The smallest absolute Gasteiger partial charge is 0.312 e. The van der Waals surface area contributed by atoms with E-state index in [2.05, 4.69) is 17.2 Å². The molecule has 0 radical (unpaired) electrons. The van der Waals surface area contributed by atoms with E-state index in [9.17, 15) is 4.79 Å². The van der Waals surface area contributed by atoms with Crippen molar-refractivity contribution in [3.8, 4) is 0 Å². The zero-order valence-corrected chi connectivity index (χ0v) is 11.1. The Hall–Kier alpha value is -1.16. The molecule has 1 aromatic rings. The molecule has 1 atom stereocenters. The third kappa shape index (κ3) is 3.42. The molecule has 0 spiro atoms. The molecular weight excluding hydrogens is 226 g/mol. The highest BCUT2D eigenvalue weighted by Crippen LogP contribution is 2.26. The third-order valence-electron chi connectivity index (χ3n) is 3.86. The van der Waals surface area contributed by atoms with Crippen LogP contribution in [0.25, 0.3) is 0 Å². The summed E-state index contributed by atoms with van der Waals surface area (Å²) < 4.78 is 1.72. The molecule has 1 unspecified atom stereocenters. The maximum Gasteiger partial charge on any atom is 0.347 e. The van der Waals surface area contributed by atoms with Gasteiger partial charge in [0.2, 0.25) is 0 Å². The summed E-state index contributed by atoms with van der Waals surface area (Å²) in [7, 11) is 0. The maximum absolute atomic E-state index is 11.7. The van der Waals surface area contributed by atoms with E-state index in [0.29, 0.717) is 12.0 Å². The Morgan fingerprint density at radius 2 is 2.22 bits per heavy atom. The minimum Gasteiger partial charge on any atom is -0.312 e. The quantitative estimate of drug-likeness (QED) is 0.865. The van der Waals surface area contributed by atoms with Crippen molar-refractivity contribution in [2.45, 2.75) is 51.6 Å². The van der Waals surface area contributed by atoms with Crippen molar-refractivity contribution in [3.63, 3.8) is 0 Å². The topological polar surface area (TPSA) is 46.9 Å². The number of likely N-dealkylation sites (N-methyl/N-ethyl adjacent to an activating group) is 1. The Bertz CT molecular complexity index is 410. The lowest BCUT2D eigenvalue weighted by atomic mass is 9.84. The summed E-state index contributed by atoms with van der Waals surface area (Å²) in [4.78, 5) is 15.5. The first-order valence-corrected chi connectivity index (χ1v) is 7.06. The van der Waals surface area contributed by atoms with Crippen LogP contribution in [0, 0.1) is 5.92 Å². The molecule has 2 rings (SSSR count). The van der Waals surface area contributed by atoms with Crippen LogP contribution in [-0.2, 0) is 6.54 Å². The minimum absolute atomic E-state index is 0.142. The fourth-order valence-electron chi connectivity index (χ4n) is 2.92. The number of aromatic nitrogens is 2. The van der Waals surface area contributed by atoms with E-state index >= 15 is 0 Å². The van der Waals surface area contributed by atoms with E-state index < -0.39 is 0 Å². The molecule has 0 amide bonds. The first-order valence-electron chi connectivity index (χ1n) is 7.06. The summed E-state index contributed by atoms with van der Waals surface area (Å²) in [5.41, 5.74) is -0.142. The zero-order valence-electron chi connectivity index (χ0n) is 11.1. The predicted octanol–water partition coefficient (Wildman–Crippen LogP) is 1.80. The second-order valence-electron chi connectivity index (χ2n) is 5.12. The number of hydrogen-bond donors (Lipinski definition) is 1. The van der Waals surface area contributed by atoms with Crippen LogP contribution in [0.3, 0.4) is 0 Å². The van der Waals surface area contributed by atoms with Crippen LogP contribution < -0.4 is 11.0 Å². The van der Waals surface area contributed by atoms with E-state index in [-0.39, 0.29) is 5.69 Å². The van der Waals surface area contributed by atoms with Gasteiger partial charge in [-0.1, -0.05) is 26.2 Å². The largest absolute Gasteiger partial charge is 0.347 e. The van der Waals surface area contributed by atoms with Crippen LogP contribution in [0.15, 0.2) is 23.3 Å². The molecule has 0 saturated heterocycles. The highest BCUT2D eigenvalue weighted by Gasteiger charge is 2.23. The maximum atomic E-state index is 11.7. The van der Waals surface area contributed by atoms with Gasteiger partial charge >= 0.3 is 5.69 Å². The molecule has 18 heavy (non-hydrogen) atoms. The van der Waals surface area contributed by atoms with E-state index in [1.807, 2.05) is 12.3 Å². The van der Waals surface area contributed by atoms with Gasteiger partial charge in [-0.05, 0) is 31.4 Å². The summed E-state index contributed by atoms with van der Waals surface area (Å²) in [5.74, 6) is 0.700. The van der Waals surface area contributed by atoms with Gasteiger partial charge in [0.1, 0.15) is 0 Å². The van der Waals surface area contributed by atoms with E-state index in [0.717, 1.165) is 13.1 Å². The van der Waals surface area contributed by atoms with Gasteiger partial charge in [-0.15, -0.1) is 0 Å². The molecule has 1 saturated carbocycles. The number of nitrogens with one attached hydrogen (secondary N) is 1. The van der Waals surface area contributed by atoms with Gasteiger partial charge in [0, 0.05) is 25.0 Å². The van der Waals surface area contributed by atoms with Gasteiger partial charge in [-0.3, -0.25) is 4.57 Å². The number of nitrogens with zero attached hydrogens (tertiary/aromatic N) is 2. The second kappa shape index (κ2) is 6.69. The van der Waals surface area contributed by atoms with Gasteiger partial charge in [-0.2, -0.15) is 0 Å². The predicted molar refractivity (Wildman–Crippen MR) is 72.5 cm³/mol. The summed E-state index contributed by atoms with van der Waals surface area (Å²) in [6.45, 7) is 3.82. The Labute approximate surface area is 108 Å². The van der Waals surface area contributed by atoms with Crippen LogP contribution in [0.1, 0.15) is 39.0 Å². The summed E-state index contributed by atoms with van der Waals surface area (Å²) in [6, 6.07) is 2.22. The second-order valence-corrected chi connectivity index (χ2v) is 5.12. The standard InChI is InChI=1S/C14H23N3O/c1-2-15-13(12-7-4-3-5-8-12)11-17-10-6-9-16-14(17)18/h6,9-10,12-13,15H,2-5,7-8,11H2,1H3. The summed E-state index contributed by atoms with van der Waals surface area (Å²) in [6.07, 6.45) is 9.98. The Morgan fingerprint density at radius 3 is 2.89 bits per heavy atom. The molecule has 1 aliphatic carbocycles. The molecule has 100 valence electrons. The van der Waals surface area contributed by atoms with E-state index in [4.69, 9.17) is 0 Å². The summed E-state index contributed by atoms with van der Waals surface area (Å²) in [5, 5.41) is 3.54. The Morgan fingerprint density at radius 1 is 1.44 bits per heavy atom. The highest BCUT2D eigenvalue weighted by molar-refractivity contribution is 4.85. The van der Waals surface area contributed by atoms with Gasteiger partial charge in [0.05, 0.1) is 0 Å². The molecule has 1 N–H and O–H groups in total. The normalized spacial score (nSPS) is 18.7. The van der Waals surface area contributed by atoms with Crippen molar-refractivity contribution in [1.82, 2.24) is 14.9 Å². The fourth-order valence-corrected chi connectivity index (χ4v) is 2.92. The van der Waals surface area contributed by atoms with Crippen LogP contribution in [0.2, 0.25) is 0 Å². The highest BCUT2D eigenvalue weighted by atomic mass is 16.1. The number of rotatable bonds is 5. The lowest BCUT2D eigenvalue weighted by molar-refractivity contribution is 0.248. The lowest BCUT2D eigenvalue weighted by Gasteiger charge is -2.31. The van der Waals surface area contributed by atoms with Crippen molar-refractivity contribution >= 4 is 0 Å². The molecule has 0 aromatic carbocycles. The molecular formula is C14H23N3O. The molecule has 4 heteroatoms. The van der Waals surface area contributed by atoms with E-state index in [1.165, 1.54) is 32.1 Å². The third-order valence-corrected chi connectivity index (χ3v) is 3.86. The Balaban J connectivity index is 2.05. The first kappa shape index (κ1) is 13.3. The van der Waals surface area contributed by atoms with Crippen LogP contribution in [-0.4, -0.2) is 22.1 Å². The fraction of sp³-hybridized carbons (Fsp3) is 0.714. The molecule has 1 fully saturated rings. The van der Waals surface area contributed by atoms with Crippen LogP contribution in [0.4, 0.5) is 0 Å². The van der Waals surface area contributed by atoms with Gasteiger partial charge in [0.25, 0.3) is 0 Å². The monoisotopic (exact) mass is 249 g/mol. The van der Waals surface area contributed by atoms with Crippen LogP contribution in [0.5, 0.6) is 0 Å².